The number of fused-ring (bicyclic) bond motifs is 1. The molecule has 2 aliphatic heterocycles. The second kappa shape index (κ2) is 8.42. The van der Waals surface area contributed by atoms with E-state index < -0.39 is 0 Å². The molecule has 29 heavy (non-hydrogen) atoms. The fourth-order valence-electron chi connectivity index (χ4n) is 2.77. The highest BCUT2D eigenvalue weighted by Gasteiger charge is 2.25. The first-order valence-electron chi connectivity index (χ1n) is 9.00. The van der Waals surface area contributed by atoms with Gasteiger partial charge in [-0.1, -0.05) is 54.0 Å². The maximum Gasteiger partial charge on any atom is 0.264 e. The fraction of sp³-hybridized carbons (Fsp3) is 0.190. The molecule has 1 N–H and O–H groups in total. The lowest BCUT2D eigenvalue weighted by molar-refractivity contribution is -0.115. The number of hydrogen-bond acceptors (Lipinski definition) is 6. The van der Waals surface area contributed by atoms with Gasteiger partial charge in [0.1, 0.15) is 0 Å². The number of amidine groups is 1. The zero-order chi connectivity index (χ0) is 20.4. The quantitative estimate of drug-likeness (QED) is 0.391. The predicted molar refractivity (Wildman–Crippen MR) is 120 cm³/mol. The van der Waals surface area contributed by atoms with E-state index in [4.69, 9.17) is 9.47 Å². The van der Waals surface area contributed by atoms with Crippen molar-refractivity contribution >= 4 is 51.1 Å². The minimum Gasteiger partial charge on any atom is -0.454 e. The van der Waals surface area contributed by atoms with Crippen LogP contribution in [0.2, 0.25) is 0 Å². The van der Waals surface area contributed by atoms with E-state index in [1.165, 1.54) is 17.3 Å². The van der Waals surface area contributed by atoms with Gasteiger partial charge in [-0.15, -0.1) is 5.10 Å². The highest BCUT2D eigenvalue weighted by molar-refractivity contribution is 9.10. The molecule has 2 aromatic rings. The molecular formula is C21H18BrN3O3S. The van der Waals surface area contributed by atoms with E-state index >= 15 is 0 Å². The highest BCUT2D eigenvalue weighted by Crippen LogP contribution is 2.38. The van der Waals surface area contributed by atoms with Crippen LogP contribution in [0.5, 0.6) is 11.5 Å². The van der Waals surface area contributed by atoms with Crippen LogP contribution in [0.25, 0.3) is 6.08 Å². The minimum absolute atomic E-state index is 0.200. The Kier molecular flexibility index (Phi) is 5.73. The maximum atomic E-state index is 12.3. The third kappa shape index (κ3) is 4.54. The number of rotatable bonds is 4. The van der Waals surface area contributed by atoms with E-state index in [9.17, 15) is 4.79 Å². The summed E-state index contributed by atoms with van der Waals surface area (Å²) in [5.41, 5.74) is 3.05. The molecular weight excluding hydrogens is 454 g/mol. The Balaban J connectivity index is 1.47. The van der Waals surface area contributed by atoms with Gasteiger partial charge < -0.3 is 9.47 Å². The molecule has 148 valence electrons. The second-order valence-electron chi connectivity index (χ2n) is 6.76. The van der Waals surface area contributed by atoms with Crippen LogP contribution < -0.4 is 14.8 Å². The number of carbonyl (C=O) groups excluding carboxylic acids is 1. The van der Waals surface area contributed by atoms with Crippen molar-refractivity contribution in [2.45, 2.75) is 19.8 Å². The monoisotopic (exact) mass is 471 g/mol. The molecule has 1 saturated heterocycles. The minimum atomic E-state index is -0.213. The Morgan fingerprint density at radius 1 is 1.17 bits per heavy atom. The average molecular weight is 472 g/mol. The van der Waals surface area contributed by atoms with Crippen LogP contribution in [0.4, 0.5) is 0 Å². The highest BCUT2D eigenvalue weighted by atomic mass is 79.9. The Morgan fingerprint density at radius 3 is 2.62 bits per heavy atom. The Hall–Kier alpha value is -2.58. The van der Waals surface area contributed by atoms with E-state index in [1.54, 1.807) is 12.3 Å². The van der Waals surface area contributed by atoms with E-state index in [2.05, 4.69) is 57.4 Å². The summed E-state index contributed by atoms with van der Waals surface area (Å²) in [6.07, 6.45) is 3.45. The summed E-state index contributed by atoms with van der Waals surface area (Å²) >= 11 is 4.74. The molecule has 0 unspecified atom stereocenters. The van der Waals surface area contributed by atoms with Gasteiger partial charge in [0, 0.05) is 4.47 Å². The Labute approximate surface area is 181 Å². The molecule has 0 radical (unpaired) electrons. The molecule has 2 aliphatic rings. The van der Waals surface area contributed by atoms with Crippen molar-refractivity contribution in [2.24, 2.45) is 10.2 Å². The van der Waals surface area contributed by atoms with Gasteiger partial charge in [0.25, 0.3) is 5.91 Å². The zero-order valence-electron chi connectivity index (χ0n) is 15.8. The van der Waals surface area contributed by atoms with Crippen LogP contribution in [0.15, 0.2) is 56.0 Å². The third-order valence-corrected chi connectivity index (χ3v) is 5.97. The van der Waals surface area contributed by atoms with Crippen LogP contribution in [0.1, 0.15) is 36.5 Å². The van der Waals surface area contributed by atoms with Crippen LogP contribution in [-0.4, -0.2) is 24.1 Å². The lowest BCUT2D eigenvalue weighted by Crippen LogP contribution is -2.19. The second-order valence-corrected chi connectivity index (χ2v) is 8.65. The first-order valence-corrected chi connectivity index (χ1v) is 10.6. The molecule has 0 saturated carbocycles. The number of nitrogens with zero attached hydrogens (tertiary/aromatic N) is 2. The average Bonchev–Trinajstić information content (AvgIpc) is 3.28. The number of amides is 1. The number of hydrogen-bond donors (Lipinski definition) is 1. The first-order chi connectivity index (χ1) is 14.0. The summed E-state index contributed by atoms with van der Waals surface area (Å²) in [5, 5.41) is 11.4. The van der Waals surface area contributed by atoms with Crippen LogP contribution >= 0.6 is 27.7 Å². The SMILES string of the molecule is CC(C)c1ccc(C=NN=C2NC(=O)/C(=C\c3cc4c(cc3Br)OCO4)S2)cc1. The number of benzene rings is 2. The summed E-state index contributed by atoms with van der Waals surface area (Å²) in [4.78, 5) is 12.8. The lowest BCUT2D eigenvalue weighted by Gasteiger charge is -2.03. The summed E-state index contributed by atoms with van der Waals surface area (Å²) in [6.45, 7) is 4.51. The fourth-order valence-corrected chi connectivity index (χ4v) is 3.98. The lowest BCUT2D eigenvalue weighted by atomic mass is 10.0. The largest absolute Gasteiger partial charge is 0.454 e. The molecule has 1 fully saturated rings. The third-order valence-electron chi connectivity index (χ3n) is 4.39. The molecule has 4 rings (SSSR count). The first kappa shape index (κ1) is 19.7. The smallest absolute Gasteiger partial charge is 0.264 e. The molecule has 6 nitrogen and oxygen atoms in total. The predicted octanol–water partition coefficient (Wildman–Crippen LogP) is 4.90. The van der Waals surface area contributed by atoms with E-state index in [0.717, 1.165) is 15.6 Å². The molecule has 2 aromatic carbocycles. The molecule has 0 bridgehead atoms. The maximum absolute atomic E-state index is 12.3. The molecule has 8 heteroatoms. The van der Waals surface area contributed by atoms with E-state index in [1.807, 2.05) is 24.3 Å². The van der Waals surface area contributed by atoms with Crippen molar-refractivity contribution < 1.29 is 14.3 Å². The van der Waals surface area contributed by atoms with Crippen molar-refractivity contribution in [1.82, 2.24) is 5.32 Å². The molecule has 0 atom stereocenters. The van der Waals surface area contributed by atoms with E-state index in [0.29, 0.717) is 27.5 Å². The molecule has 0 spiro atoms. The number of carbonyl (C=O) groups is 1. The Morgan fingerprint density at radius 2 is 1.90 bits per heavy atom. The van der Waals surface area contributed by atoms with Gasteiger partial charge >= 0.3 is 0 Å². The summed E-state index contributed by atoms with van der Waals surface area (Å²) in [6, 6.07) is 11.8. The van der Waals surface area contributed by atoms with Gasteiger partial charge in [0.05, 0.1) is 11.1 Å². The summed E-state index contributed by atoms with van der Waals surface area (Å²) in [5.74, 6) is 1.61. The number of thioether (sulfide) groups is 1. The molecule has 0 aromatic heterocycles. The molecule has 1 amide bonds. The van der Waals surface area contributed by atoms with Crippen molar-refractivity contribution in [3.8, 4) is 11.5 Å². The van der Waals surface area contributed by atoms with Crippen LogP contribution in [0.3, 0.4) is 0 Å². The van der Waals surface area contributed by atoms with E-state index in [-0.39, 0.29) is 12.7 Å². The molecule has 2 heterocycles. The van der Waals surface area contributed by atoms with Gasteiger partial charge in [-0.3, -0.25) is 10.1 Å². The number of ether oxygens (including phenoxy) is 2. The normalized spacial score (nSPS) is 18.4. The molecule has 0 aliphatic carbocycles. The van der Waals surface area contributed by atoms with Gasteiger partial charge in [0.15, 0.2) is 16.7 Å². The Bertz CT molecular complexity index is 1050. The zero-order valence-corrected chi connectivity index (χ0v) is 18.2. The van der Waals surface area contributed by atoms with Gasteiger partial charge in [-0.25, -0.2) is 0 Å². The summed E-state index contributed by atoms with van der Waals surface area (Å²) in [7, 11) is 0. The van der Waals surface area contributed by atoms with Crippen molar-refractivity contribution in [1.29, 1.82) is 0 Å². The van der Waals surface area contributed by atoms with Crippen LogP contribution in [-0.2, 0) is 4.79 Å². The van der Waals surface area contributed by atoms with Crippen LogP contribution in [0, 0.1) is 0 Å². The number of halogens is 1. The van der Waals surface area contributed by atoms with Gasteiger partial charge in [0.2, 0.25) is 6.79 Å². The van der Waals surface area contributed by atoms with Gasteiger partial charge in [-0.2, -0.15) is 5.10 Å². The van der Waals surface area contributed by atoms with Gasteiger partial charge in [-0.05, 0) is 52.6 Å². The van der Waals surface area contributed by atoms with Crippen molar-refractivity contribution in [3.05, 3.63) is 62.5 Å². The summed E-state index contributed by atoms with van der Waals surface area (Å²) < 4.78 is 11.6. The topological polar surface area (TPSA) is 72.3 Å². The number of nitrogens with one attached hydrogen (secondary N) is 1. The van der Waals surface area contributed by atoms with Crippen molar-refractivity contribution in [3.63, 3.8) is 0 Å². The standard InChI is InChI=1S/C21H18BrN3O3S/c1-12(2)14-5-3-13(4-6-14)10-23-25-21-24-20(26)19(29-21)8-15-7-17-18(9-16(15)22)28-11-27-17/h3-10,12H,11H2,1-2H3,(H,24,25,26)/b19-8+,23-10?. The van der Waals surface area contributed by atoms with Crippen molar-refractivity contribution in [2.75, 3.05) is 6.79 Å².